The van der Waals surface area contributed by atoms with Gasteiger partial charge in [-0.15, -0.1) is 0 Å². The second kappa shape index (κ2) is 7.04. The molecule has 8 nitrogen and oxygen atoms in total. The van der Waals surface area contributed by atoms with E-state index in [9.17, 15) is 14.9 Å². The van der Waals surface area contributed by atoms with E-state index in [2.05, 4.69) is 10.3 Å². The van der Waals surface area contributed by atoms with Crippen molar-refractivity contribution in [2.45, 2.75) is 19.8 Å². The van der Waals surface area contributed by atoms with E-state index in [4.69, 9.17) is 10.4 Å². The Bertz CT molecular complexity index is 553. The Morgan fingerprint density at radius 3 is 2.95 bits per heavy atom. The molecule has 0 radical (unpaired) electrons. The third-order valence-corrected chi connectivity index (χ3v) is 2.66. The van der Waals surface area contributed by atoms with Gasteiger partial charge in [0.1, 0.15) is 6.07 Å². The number of aromatic nitrogens is 1. The van der Waals surface area contributed by atoms with Crippen LogP contribution in [0.15, 0.2) is 12.3 Å². The van der Waals surface area contributed by atoms with Gasteiger partial charge in [-0.2, -0.15) is 5.26 Å². The lowest BCUT2D eigenvalue weighted by atomic mass is 10.1. The summed E-state index contributed by atoms with van der Waals surface area (Å²) in [6.45, 7) is 2.21. The molecule has 0 aliphatic heterocycles. The van der Waals surface area contributed by atoms with E-state index in [-0.39, 0.29) is 29.4 Å². The first-order chi connectivity index (χ1) is 9.43. The minimum Gasteiger partial charge on any atom is -0.481 e. The number of carboxylic acids is 1. The number of hydrogen-bond donors (Lipinski definition) is 2. The zero-order chi connectivity index (χ0) is 15.1. The van der Waals surface area contributed by atoms with Gasteiger partial charge in [0.05, 0.1) is 10.5 Å². The molecule has 1 heterocycles. The molecular formula is C12H14N4O4. The summed E-state index contributed by atoms with van der Waals surface area (Å²) < 4.78 is 0. The largest absolute Gasteiger partial charge is 0.481 e. The summed E-state index contributed by atoms with van der Waals surface area (Å²) in [6, 6.07) is 2.94. The molecule has 2 N–H and O–H groups in total. The van der Waals surface area contributed by atoms with Crippen LogP contribution in [0, 0.1) is 27.4 Å². The number of aliphatic carboxylic acids is 1. The van der Waals surface area contributed by atoms with Gasteiger partial charge in [-0.25, -0.2) is 4.98 Å². The van der Waals surface area contributed by atoms with Crippen LogP contribution in [-0.4, -0.2) is 27.5 Å². The Kier molecular flexibility index (Phi) is 5.41. The molecular weight excluding hydrogens is 264 g/mol. The predicted molar refractivity (Wildman–Crippen MR) is 70.1 cm³/mol. The van der Waals surface area contributed by atoms with Crippen LogP contribution in [0.2, 0.25) is 0 Å². The lowest BCUT2D eigenvalue weighted by Crippen LogP contribution is -2.14. The third kappa shape index (κ3) is 4.53. The van der Waals surface area contributed by atoms with Crippen LogP contribution in [-0.2, 0) is 4.79 Å². The Morgan fingerprint density at radius 1 is 1.70 bits per heavy atom. The highest BCUT2D eigenvalue weighted by molar-refractivity contribution is 5.66. The SMILES string of the molecule is CC(CCC(=O)O)CNc1ncc(C#N)cc1[N+](=O)[O-]. The molecule has 106 valence electrons. The number of nitrogens with zero attached hydrogens (tertiary/aromatic N) is 3. The molecule has 0 saturated heterocycles. The van der Waals surface area contributed by atoms with Crippen LogP contribution in [0.4, 0.5) is 11.5 Å². The first-order valence-corrected chi connectivity index (χ1v) is 5.94. The Hall–Kier alpha value is -2.69. The van der Waals surface area contributed by atoms with Gasteiger partial charge in [0.25, 0.3) is 0 Å². The zero-order valence-corrected chi connectivity index (χ0v) is 10.9. The van der Waals surface area contributed by atoms with Gasteiger partial charge < -0.3 is 10.4 Å². The van der Waals surface area contributed by atoms with E-state index in [1.165, 1.54) is 6.20 Å². The molecule has 0 aromatic carbocycles. The van der Waals surface area contributed by atoms with Crippen molar-refractivity contribution in [3.05, 3.63) is 27.9 Å². The van der Waals surface area contributed by atoms with Gasteiger partial charge in [-0.3, -0.25) is 14.9 Å². The second-order valence-corrected chi connectivity index (χ2v) is 4.38. The van der Waals surface area contributed by atoms with E-state index in [0.29, 0.717) is 13.0 Å². The second-order valence-electron chi connectivity index (χ2n) is 4.38. The summed E-state index contributed by atoms with van der Waals surface area (Å²) in [5, 5.41) is 31.0. The van der Waals surface area contributed by atoms with Gasteiger partial charge in [-0.1, -0.05) is 6.92 Å². The molecule has 0 saturated carbocycles. The molecule has 0 fully saturated rings. The number of nitrogens with one attached hydrogen (secondary N) is 1. The van der Waals surface area contributed by atoms with Crippen molar-refractivity contribution in [3.63, 3.8) is 0 Å². The molecule has 0 aliphatic carbocycles. The van der Waals surface area contributed by atoms with E-state index in [0.717, 1.165) is 6.07 Å². The summed E-state index contributed by atoms with van der Waals surface area (Å²) in [5.41, 5.74) is -0.157. The molecule has 0 aliphatic rings. The summed E-state index contributed by atoms with van der Waals surface area (Å²) in [5.74, 6) is -0.765. The smallest absolute Gasteiger partial charge is 0.312 e. The maximum atomic E-state index is 10.9. The van der Waals surface area contributed by atoms with Crippen molar-refractivity contribution in [1.29, 1.82) is 5.26 Å². The summed E-state index contributed by atoms with van der Waals surface area (Å²) >= 11 is 0. The normalized spacial score (nSPS) is 11.4. The lowest BCUT2D eigenvalue weighted by Gasteiger charge is -2.11. The molecule has 1 unspecified atom stereocenters. The zero-order valence-electron chi connectivity index (χ0n) is 10.9. The van der Waals surface area contributed by atoms with Crippen LogP contribution < -0.4 is 5.32 Å². The van der Waals surface area contributed by atoms with Crippen molar-refractivity contribution in [2.24, 2.45) is 5.92 Å². The average Bonchev–Trinajstić information content (AvgIpc) is 2.42. The number of pyridine rings is 1. The topological polar surface area (TPSA) is 129 Å². The molecule has 20 heavy (non-hydrogen) atoms. The van der Waals surface area contributed by atoms with E-state index >= 15 is 0 Å². The van der Waals surface area contributed by atoms with Crippen molar-refractivity contribution in [3.8, 4) is 6.07 Å². The number of anilines is 1. The van der Waals surface area contributed by atoms with Crippen LogP contribution >= 0.6 is 0 Å². The van der Waals surface area contributed by atoms with Crippen molar-refractivity contribution >= 4 is 17.5 Å². The fourth-order valence-corrected chi connectivity index (χ4v) is 1.53. The highest BCUT2D eigenvalue weighted by atomic mass is 16.6. The number of nitriles is 1. The van der Waals surface area contributed by atoms with Crippen LogP contribution in [0.3, 0.4) is 0 Å². The Balaban J connectivity index is 2.70. The third-order valence-electron chi connectivity index (χ3n) is 2.66. The first-order valence-electron chi connectivity index (χ1n) is 5.94. The monoisotopic (exact) mass is 278 g/mol. The molecule has 1 aromatic rings. The van der Waals surface area contributed by atoms with Crippen molar-refractivity contribution < 1.29 is 14.8 Å². The van der Waals surface area contributed by atoms with Gasteiger partial charge >= 0.3 is 11.7 Å². The van der Waals surface area contributed by atoms with Crippen molar-refractivity contribution in [2.75, 3.05) is 11.9 Å². The highest BCUT2D eigenvalue weighted by Crippen LogP contribution is 2.23. The fourth-order valence-electron chi connectivity index (χ4n) is 1.53. The van der Waals surface area contributed by atoms with E-state index in [1.807, 2.05) is 6.92 Å². The van der Waals surface area contributed by atoms with Crippen molar-refractivity contribution in [1.82, 2.24) is 4.98 Å². The standard InChI is InChI=1S/C12H14N4O4/c1-8(2-3-11(17)18)6-14-12-10(16(19)20)4-9(5-13)7-15-12/h4,7-8H,2-3,6H2,1H3,(H,14,15)(H,17,18). The minimum absolute atomic E-state index is 0.0307. The van der Waals surface area contributed by atoms with Crippen LogP contribution in [0.25, 0.3) is 0 Å². The number of rotatable bonds is 7. The summed E-state index contributed by atoms with van der Waals surface area (Å²) in [7, 11) is 0. The average molecular weight is 278 g/mol. The molecule has 8 heteroatoms. The molecule has 0 spiro atoms. The summed E-state index contributed by atoms with van der Waals surface area (Å²) in [4.78, 5) is 24.6. The van der Waals surface area contributed by atoms with Gasteiger partial charge in [0.15, 0.2) is 0 Å². The fraction of sp³-hybridized carbons (Fsp3) is 0.417. The lowest BCUT2D eigenvalue weighted by molar-refractivity contribution is -0.384. The molecule has 1 aromatic heterocycles. The number of nitro groups is 1. The van der Waals surface area contributed by atoms with Crippen LogP contribution in [0.1, 0.15) is 25.3 Å². The molecule has 0 amide bonds. The van der Waals surface area contributed by atoms with Gasteiger partial charge in [0.2, 0.25) is 5.82 Å². The van der Waals surface area contributed by atoms with E-state index in [1.54, 1.807) is 6.07 Å². The van der Waals surface area contributed by atoms with E-state index < -0.39 is 10.9 Å². The van der Waals surface area contributed by atoms with Gasteiger partial charge in [0, 0.05) is 25.2 Å². The number of hydrogen-bond acceptors (Lipinski definition) is 6. The summed E-state index contributed by atoms with van der Waals surface area (Å²) in [6.07, 6.45) is 1.76. The maximum absolute atomic E-state index is 10.9. The molecule has 1 atom stereocenters. The highest BCUT2D eigenvalue weighted by Gasteiger charge is 2.17. The number of carboxylic acid groups (broad SMARTS) is 1. The van der Waals surface area contributed by atoms with Crippen LogP contribution in [0.5, 0.6) is 0 Å². The Morgan fingerprint density at radius 2 is 2.40 bits per heavy atom. The Labute approximate surface area is 115 Å². The first kappa shape index (κ1) is 15.4. The van der Waals surface area contributed by atoms with Gasteiger partial charge in [-0.05, 0) is 12.3 Å². The maximum Gasteiger partial charge on any atom is 0.312 e. The molecule has 1 rings (SSSR count). The minimum atomic E-state index is -0.876. The molecule has 0 bridgehead atoms. The predicted octanol–water partition coefficient (Wildman–Crippen LogP) is 1.77. The number of carbonyl (C=O) groups is 1. The quantitative estimate of drug-likeness (QED) is 0.574.